The number of thiophene rings is 1. The Kier molecular flexibility index (Phi) is 10.8. The van der Waals surface area contributed by atoms with Crippen LogP contribution in [0.2, 0.25) is 0 Å². The number of amides is 5. The number of anilines is 1. The number of nitrogens with one attached hydrogen (secondary N) is 4. The highest BCUT2D eigenvalue weighted by Crippen LogP contribution is 2.43. The number of nitrogens with zero attached hydrogens (tertiary/aromatic N) is 1. The fraction of sp³-hybridized carbons (Fsp3) is 0.308. The number of alkyl carbamates (subject to hydrolysis) is 1. The molecule has 2 aliphatic heterocycles. The van der Waals surface area contributed by atoms with Crippen molar-refractivity contribution in [2.45, 2.75) is 65.1 Å². The number of benzene rings is 2. The molecule has 2 aliphatic rings. The number of carbonyl (C=O) groups is 6. The zero-order chi connectivity index (χ0) is 38.7. The molecule has 0 aliphatic carbocycles. The lowest BCUT2D eigenvalue weighted by atomic mass is 9.93. The Morgan fingerprint density at radius 1 is 0.981 bits per heavy atom. The lowest BCUT2D eigenvalue weighted by Crippen LogP contribution is -2.52. The van der Waals surface area contributed by atoms with Crippen molar-refractivity contribution in [3.63, 3.8) is 0 Å². The Bertz CT molecular complexity index is 2190. The summed E-state index contributed by atoms with van der Waals surface area (Å²) >= 11 is 1.52. The average molecular weight is 754 g/mol. The molecule has 54 heavy (non-hydrogen) atoms. The van der Waals surface area contributed by atoms with Crippen molar-refractivity contribution in [3.8, 4) is 27.3 Å². The second-order valence-corrected chi connectivity index (χ2v) is 14.7. The molecule has 2 aromatic carbocycles. The van der Waals surface area contributed by atoms with Gasteiger partial charge < -0.3 is 30.2 Å². The van der Waals surface area contributed by atoms with Gasteiger partial charge in [0.2, 0.25) is 11.8 Å². The van der Waals surface area contributed by atoms with Gasteiger partial charge in [-0.05, 0) is 92.6 Å². The smallest absolute Gasteiger partial charge is 0.407 e. The molecule has 2 aromatic heterocycles. The van der Waals surface area contributed by atoms with E-state index in [-0.39, 0.29) is 41.9 Å². The molecular formula is C39H39N5O9S. The number of pyridine rings is 1. The number of fused-ring (bicyclic) bond motifs is 3. The highest BCUT2D eigenvalue weighted by molar-refractivity contribution is 7.13. The number of ether oxygens (including phenoxy) is 3. The van der Waals surface area contributed by atoms with E-state index in [0.717, 1.165) is 21.6 Å². The van der Waals surface area contributed by atoms with Gasteiger partial charge in [0.25, 0.3) is 11.8 Å². The molecule has 4 N–H and O–H groups in total. The van der Waals surface area contributed by atoms with Crippen molar-refractivity contribution in [1.82, 2.24) is 20.9 Å². The lowest BCUT2D eigenvalue weighted by molar-refractivity contribution is -0.134. The van der Waals surface area contributed by atoms with E-state index in [1.54, 1.807) is 45.0 Å². The summed E-state index contributed by atoms with van der Waals surface area (Å²) in [5, 5.41) is 12.5. The number of carbonyl (C=O) groups excluding carboxylic acids is 6. The van der Waals surface area contributed by atoms with E-state index in [0.29, 0.717) is 35.6 Å². The van der Waals surface area contributed by atoms with Crippen LogP contribution in [-0.4, -0.2) is 66.0 Å². The Labute approximate surface area is 315 Å². The number of aryl methyl sites for hydroxylation is 1. The Morgan fingerprint density at radius 2 is 1.78 bits per heavy atom. The van der Waals surface area contributed by atoms with E-state index in [9.17, 15) is 28.8 Å². The van der Waals surface area contributed by atoms with Gasteiger partial charge in [-0.25, -0.2) is 14.6 Å². The third-order valence-corrected chi connectivity index (χ3v) is 9.69. The summed E-state index contributed by atoms with van der Waals surface area (Å²) in [5.74, 6) is -2.67. The quantitative estimate of drug-likeness (QED) is 0.135. The third-order valence-electron chi connectivity index (χ3n) is 8.70. The van der Waals surface area contributed by atoms with Crippen LogP contribution in [0, 0.1) is 6.92 Å². The predicted octanol–water partition coefficient (Wildman–Crippen LogP) is 5.32. The van der Waals surface area contributed by atoms with Crippen LogP contribution in [-0.2, 0) is 32.0 Å². The fourth-order valence-corrected chi connectivity index (χ4v) is 7.08. The van der Waals surface area contributed by atoms with E-state index >= 15 is 0 Å². The molecule has 14 nitrogen and oxygen atoms in total. The predicted molar refractivity (Wildman–Crippen MR) is 199 cm³/mol. The molecule has 4 aromatic rings. The average Bonchev–Trinajstić information content (AvgIpc) is 3.52. The number of imide groups is 1. The number of esters is 1. The van der Waals surface area contributed by atoms with E-state index in [4.69, 9.17) is 14.2 Å². The number of rotatable bonds is 8. The molecule has 0 radical (unpaired) electrons. The number of aromatic nitrogens is 1. The molecule has 1 fully saturated rings. The van der Waals surface area contributed by atoms with Gasteiger partial charge in [0, 0.05) is 52.2 Å². The molecule has 1 saturated heterocycles. The van der Waals surface area contributed by atoms with Gasteiger partial charge in [0.1, 0.15) is 23.1 Å². The van der Waals surface area contributed by atoms with E-state index in [2.05, 4.69) is 26.3 Å². The molecule has 1 atom stereocenters. The second-order valence-electron chi connectivity index (χ2n) is 13.8. The van der Waals surface area contributed by atoms with Crippen LogP contribution in [0.4, 0.5) is 10.5 Å². The largest absolute Gasteiger partial charge is 0.493 e. The van der Waals surface area contributed by atoms with Crippen molar-refractivity contribution in [3.05, 3.63) is 87.6 Å². The number of hydrogen-bond acceptors (Lipinski definition) is 11. The van der Waals surface area contributed by atoms with Gasteiger partial charge in [-0.2, -0.15) is 0 Å². The molecule has 6 rings (SSSR count). The first-order valence-electron chi connectivity index (χ1n) is 17.2. The summed E-state index contributed by atoms with van der Waals surface area (Å²) < 4.78 is 16.6. The molecule has 280 valence electrons. The van der Waals surface area contributed by atoms with Crippen LogP contribution in [0.15, 0.2) is 53.9 Å². The minimum Gasteiger partial charge on any atom is -0.493 e. The minimum atomic E-state index is -0.962. The summed E-state index contributed by atoms with van der Waals surface area (Å²) in [6.07, 6.45) is 0.284. The maximum atomic E-state index is 14.3. The molecule has 4 heterocycles. The van der Waals surface area contributed by atoms with Crippen LogP contribution in [0.5, 0.6) is 5.75 Å². The Morgan fingerprint density at radius 3 is 2.50 bits per heavy atom. The van der Waals surface area contributed by atoms with Gasteiger partial charge in [0.05, 0.1) is 13.7 Å². The van der Waals surface area contributed by atoms with Crippen LogP contribution in [0.25, 0.3) is 21.6 Å². The van der Waals surface area contributed by atoms with Crippen molar-refractivity contribution in [1.29, 1.82) is 0 Å². The second kappa shape index (κ2) is 15.5. The van der Waals surface area contributed by atoms with Crippen molar-refractivity contribution < 1.29 is 43.0 Å². The molecule has 0 bridgehead atoms. The highest BCUT2D eigenvalue weighted by Gasteiger charge is 2.30. The van der Waals surface area contributed by atoms with Crippen LogP contribution in [0.3, 0.4) is 0 Å². The van der Waals surface area contributed by atoms with Gasteiger partial charge in [-0.3, -0.25) is 24.5 Å². The molecule has 15 heteroatoms. The van der Waals surface area contributed by atoms with Gasteiger partial charge in [-0.15, -0.1) is 11.3 Å². The third kappa shape index (κ3) is 8.41. The van der Waals surface area contributed by atoms with Crippen molar-refractivity contribution in [2.24, 2.45) is 0 Å². The number of piperidine rings is 1. The topological polar surface area (TPSA) is 191 Å². The maximum Gasteiger partial charge on any atom is 0.407 e. The molecule has 1 unspecified atom stereocenters. The van der Waals surface area contributed by atoms with Crippen LogP contribution in [0.1, 0.15) is 81.6 Å². The van der Waals surface area contributed by atoms with Gasteiger partial charge in [0.15, 0.2) is 5.69 Å². The van der Waals surface area contributed by atoms with Gasteiger partial charge in [-0.1, -0.05) is 12.1 Å². The van der Waals surface area contributed by atoms with E-state index < -0.39 is 47.3 Å². The summed E-state index contributed by atoms with van der Waals surface area (Å²) in [6.45, 7) is 7.77. The normalized spacial score (nSPS) is 15.0. The maximum absolute atomic E-state index is 14.3. The molecule has 0 saturated carbocycles. The first kappa shape index (κ1) is 37.7. The summed E-state index contributed by atoms with van der Waals surface area (Å²) in [4.78, 5) is 82.2. The summed E-state index contributed by atoms with van der Waals surface area (Å²) in [5.41, 5.74) is 3.46. The van der Waals surface area contributed by atoms with Crippen molar-refractivity contribution in [2.75, 3.05) is 19.0 Å². The molecule has 0 spiro atoms. The van der Waals surface area contributed by atoms with Gasteiger partial charge >= 0.3 is 12.1 Å². The van der Waals surface area contributed by atoms with Crippen LogP contribution < -0.4 is 26.0 Å². The standard InChI is InChI=1S/C39H39N5O9S/c1-20-16-21(19-40-38(50)53-39(2,3)4)6-8-27(20)42-34(46)25-17-26-30(52-14-12-22-13-15-54-33(22)26)18-24(25)23-7-9-28(41-32(23)37(49)51-5)35(47)43-29-10-11-31(45)44-36(29)48/h6-9,13,15-18,29H,10-12,14,19H2,1-5H3,(H,40,50)(H,42,46)(H,43,47)(H,44,45,48). The van der Waals surface area contributed by atoms with Crippen molar-refractivity contribution >= 4 is 52.7 Å². The monoisotopic (exact) mass is 753 g/mol. The van der Waals surface area contributed by atoms with E-state index in [1.165, 1.54) is 30.6 Å². The highest BCUT2D eigenvalue weighted by atomic mass is 32.1. The Hall–Kier alpha value is -6.09. The summed E-state index contributed by atoms with van der Waals surface area (Å²) in [6, 6.07) is 12.7. The van der Waals surface area contributed by atoms with E-state index in [1.807, 2.05) is 24.4 Å². The lowest BCUT2D eigenvalue weighted by Gasteiger charge is -2.22. The Balaban J connectivity index is 1.36. The number of methoxy groups -OCH3 is 1. The molecule has 5 amide bonds. The molecular weight excluding hydrogens is 715 g/mol. The fourth-order valence-electron chi connectivity index (χ4n) is 6.10. The first-order valence-corrected chi connectivity index (χ1v) is 18.1. The van der Waals surface area contributed by atoms with Crippen LogP contribution >= 0.6 is 11.3 Å². The first-order chi connectivity index (χ1) is 25.7. The zero-order valence-electron chi connectivity index (χ0n) is 30.3. The minimum absolute atomic E-state index is 0.0592. The summed E-state index contributed by atoms with van der Waals surface area (Å²) in [7, 11) is 1.17. The zero-order valence-corrected chi connectivity index (χ0v) is 31.2. The SMILES string of the molecule is COC(=O)c1nc(C(=O)NC2CCC(=O)NC2=O)ccc1-c1cc2c(cc1C(=O)Nc1ccc(CNC(=O)OC(C)(C)C)cc1C)-c1sccc1CCO2. The number of hydrogen-bond donors (Lipinski definition) is 4.